The minimum atomic E-state index is -0.614. The zero-order chi connectivity index (χ0) is 19.1. The summed E-state index contributed by atoms with van der Waals surface area (Å²) in [6.07, 6.45) is 1.64. The number of nitrogens with zero attached hydrogens (tertiary/aromatic N) is 2. The summed E-state index contributed by atoms with van der Waals surface area (Å²) in [4.78, 5) is 29.8. The summed E-state index contributed by atoms with van der Waals surface area (Å²) in [5.74, 6) is 0.345. The third-order valence-corrected chi connectivity index (χ3v) is 4.70. The summed E-state index contributed by atoms with van der Waals surface area (Å²) >= 11 is 3.39. The normalized spacial score (nSPS) is 16.0. The molecule has 3 rings (SSSR count). The Morgan fingerprint density at radius 3 is 2.81 bits per heavy atom. The maximum atomic E-state index is 12.3. The highest BCUT2D eigenvalue weighted by atomic mass is 79.9. The van der Waals surface area contributed by atoms with Gasteiger partial charge < -0.3 is 19.7 Å². The van der Waals surface area contributed by atoms with Crippen molar-refractivity contribution in [3.05, 3.63) is 58.7 Å². The maximum absolute atomic E-state index is 12.3. The van der Waals surface area contributed by atoms with Crippen LogP contribution >= 0.6 is 15.9 Å². The van der Waals surface area contributed by atoms with Crippen molar-refractivity contribution in [1.82, 2.24) is 15.2 Å². The number of halogens is 1. The van der Waals surface area contributed by atoms with Gasteiger partial charge in [0.05, 0.1) is 11.0 Å². The van der Waals surface area contributed by atoms with E-state index in [0.717, 1.165) is 10.0 Å². The zero-order valence-electron chi connectivity index (χ0n) is 14.6. The number of carbonyl (C=O) groups is 2. The number of likely N-dealkylation sites (tertiary alicyclic amines) is 1. The van der Waals surface area contributed by atoms with Crippen molar-refractivity contribution in [2.45, 2.75) is 19.1 Å². The number of hydrogen-bond donors (Lipinski definition) is 1. The number of ether oxygens (including phenoxy) is 2. The third kappa shape index (κ3) is 5.68. The number of hydrogen-bond acceptors (Lipinski definition) is 5. The van der Waals surface area contributed by atoms with E-state index in [2.05, 4.69) is 26.2 Å². The lowest BCUT2D eigenvalue weighted by molar-refractivity contribution is -0.129. The van der Waals surface area contributed by atoms with E-state index in [1.165, 1.54) is 0 Å². The molecule has 1 atom stereocenters. The number of benzene rings is 1. The first kappa shape index (κ1) is 19.2. The summed E-state index contributed by atoms with van der Waals surface area (Å²) < 4.78 is 11.7. The first-order valence-corrected chi connectivity index (χ1v) is 9.40. The molecule has 1 aromatic carbocycles. The molecule has 27 heavy (non-hydrogen) atoms. The van der Waals surface area contributed by atoms with Crippen LogP contribution in [0.5, 0.6) is 5.88 Å². The molecule has 142 valence electrons. The Kier molecular flexibility index (Phi) is 6.64. The number of carbonyl (C=O) groups excluding carboxylic acids is 2. The Labute approximate surface area is 165 Å². The molecule has 2 heterocycles. The van der Waals surface area contributed by atoms with Gasteiger partial charge in [-0.2, -0.15) is 0 Å². The topological polar surface area (TPSA) is 80.8 Å². The monoisotopic (exact) mass is 433 g/mol. The molecular weight excluding hydrogens is 414 g/mol. The molecule has 1 aliphatic rings. The molecule has 1 fully saturated rings. The van der Waals surface area contributed by atoms with Gasteiger partial charge in [0, 0.05) is 19.2 Å². The average Bonchev–Trinajstić information content (AvgIpc) is 3.16. The average molecular weight is 434 g/mol. The lowest BCUT2D eigenvalue weighted by atomic mass is 10.2. The Morgan fingerprint density at radius 1 is 1.22 bits per heavy atom. The van der Waals surface area contributed by atoms with Crippen LogP contribution in [-0.4, -0.2) is 47.6 Å². The van der Waals surface area contributed by atoms with Crippen molar-refractivity contribution >= 4 is 27.9 Å². The van der Waals surface area contributed by atoms with Crippen LogP contribution in [0.25, 0.3) is 0 Å². The van der Waals surface area contributed by atoms with E-state index in [0.29, 0.717) is 25.4 Å². The maximum Gasteiger partial charge on any atom is 0.407 e. The van der Waals surface area contributed by atoms with Crippen molar-refractivity contribution in [3.8, 4) is 5.88 Å². The second-order valence-corrected chi connectivity index (χ2v) is 6.93. The van der Waals surface area contributed by atoms with Gasteiger partial charge in [0.1, 0.15) is 19.3 Å². The van der Waals surface area contributed by atoms with E-state index in [9.17, 15) is 9.59 Å². The molecule has 0 bridgehead atoms. The molecule has 1 aromatic heterocycles. The van der Waals surface area contributed by atoms with E-state index in [4.69, 9.17) is 9.47 Å². The molecule has 1 aliphatic heterocycles. The van der Waals surface area contributed by atoms with Crippen LogP contribution in [0.15, 0.2) is 53.1 Å². The van der Waals surface area contributed by atoms with E-state index in [-0.39, 0.29) is 25.2 Å². The lowest BCUT2D eigenvalue weighted by Gasteiger charge is -2.17. The van der Waals surface area contributed by atoms with Crippen LogP contribution in [0.1, 0.15) is 12.0 Å². The Hall–Kier alpha value is -2.61. The largest absolute Gasteiger partial charge is 0.472 e. The molecule has 8 heteroatoms. The molecule has 1 saturated heterocycles. The van der Waals surface area contributed by atoms with Crippen molar-refractivity contribution in [3.63, 3.8) is 0 Å². The zero-order valence-corrected chi connectivity index (χ0v) is 16.2. The van der Waals surface area contributed by atoms with Gasteiger partial charge in [-0.3, -0.25) is 4.79 Å². The van der Waals surface area contributed by atoms with Crippen LogP contribution in [0.3, 0.4) is 0 Å². The number of amides is 2. The Bertz CT molecular complexity index is 788. The predicted molar refractivity (Wildman–Crippen MR) is 102 cm³/mol. The van der Waals surface area contributed by atoms with Crippen LogP contribution in [0.2, 0.25) is 0 Å². The van der Waals surface area contributed by atoms with E-state index in [1.54, 1.807) is 11.1 Å². The minimum absolute atomic E-state index is 0.104. The number of alkyl carbamates (subject to hydrolysis) is 1. The highest BCUT2D eigenvalue weighted by Crippen LogP contribution is 2.24. The Morgan fingerprint density at radius 2 is 2.04 bits per heavy atom. The predicted octanol–water partition coefficient (Wildman–Crippen LogP) is 2.75. The van der Waals surface area contributed by atoms with Gasteiger partial charge in [0.15, 0.2) is 0 Å². The van der Waals surface area contributed by atoms with Crippen molar-refractivity contribution in [2.24, 2.45) is 0 Å². The summed E-state index contributed by atoms with van der Waals surface area (Å²) in [7, 11) is 0. The van der Waals surface area contributed by atoms with Gasteiger partial charge in [-0.15, -0.1) is 0 Å². The molecule has 0 aliphatic carbocycles. The molecule has 7 nitrogen and oxygen atoms in total. The summed E-state index contributed by atoms with van der Waals surface area (Å²) in [6, 6.07) is 13.0. The van der Waals surface area contributed by atoms with Crippen LogP contribution in [0.4, 0.5) is 4.79 Å². The van der Waals surface area contributed by atoms with Gasteiger partial charge in [0.2, 0.25) is 11.8 Å². The number of rotatable bonds is 6. The summed E-state index contributed by atoms with van der Waals surface area (Å²) in [5, 5.41) is 2.49. The summed E-state index contributed by atoms with van der Waals surface area (Å²) in [6.45, 7) is 1.10. The quantitative estimate of drug-likeness (QED) is 0.757. The van der Waals surface area contributed by atoms with Crippen LogP contribution < -0.4 is 10.1 Å². The SMILES string of the molecule is O=C(NCC(=O)N1CCC(Oc2ncccc2Br)C1)OCc1ccccc1. The second-order valence-electron chi connectivity index (χ2n) is 6.07. The van der Waals surface area contributed by atoms with E-state index >= 15 is 0 Å². The smallest absolute Gasteiger partial charge is 0.407 e. The molecule has 0 spiro atoms. The summed E-state index contributed by atoms with van der Waals surface area (Å²) in [5.41, 5.74) is 0.888. The van der Waals surface area contributed by atoms with E-state index in [1.807, 2.05) is 42.5 Å². The molecule has 0 radical (unpaired) electrons. The number of aromatic nitrogens is 1. The molecular formula is C19H20BrN3O4. The fraction of sp³-hybridized carbons (Fsp3) is 0.316. The van der Waals surface area contributed by atoms with Gasteiger partial charge in [-0.05, 0) is 33.6 Å². The highest BCUT2D eigenvalue weighted by Gasteiger charge is 2.28. The van der Waals surface area contributed by atoms with Crippen LogP contribution in [-0.2, 0) is 16.1 Å². The van der Waals surface area contributed by atoms with Gasteiger partial charge in [-0.1, -0.05) is 30.3 Å². The lowest BCUT2D eigenvalue weighted by Crippen LogP contribution is -2.40. The first-order valence-electron chi connectivity index (χ1n) is 8.61. The fourth-order valence-electron chi connectivity index (χ4n) is 2.70. The van der Waals surface area contributed by atoms with Crippen LogP contribution in [0, 0.1) is 0 Å². The van der Waals surface area contributed by atoms with Crippen molar-refractivity contribution < 1.29 is 19.1 Å². The minimum Gasteiger partial charge on any atom is -0.472 e. The molecule has 1 unspecified atom stereocenters. The second kappa shape index (κ2) is 9.36. The first-order chi connectivity index (χ1) is 13.1. The van der Waals surface area contributed by atoms with Crippen molar-refractivity contribution in [1.29, 1.82) is 0 Å². The van der Waals surface area contributed by atoms with Gasteiger partial charge in [-0.25, -0.2) is 9.78 Å². The molecule has 0 saturated carbocycles. The van der Waals surface area contributed by atoms with Gasteiger partial charge in [0.25, 0.3) is 0 Å². The van der Waals surface area contributed by atoms with E-state index < -0.39 is 6.09 Å². The fourth-order valence-corrected chi connectivity index (χ4v) is 3.05. The number of nitrogens with one attached hydrogen (secondary N) is 1. The Balaban J connectivity index is 1.38. The van der Waals surface area contributed by atoms with Crippen molar-refractivity contribution in [2.75, 3.05) is 19.6 Å². The highest BCUT2D eigenvalue weighted by molar-refractivity contribution is 9.10. The third-order valence-electron chi connectivity index (χ3n) is 4.10. The molecule has 1 N–H and O–H groups in total. The van der Waals surface area contributed by atoms with Gasteiger partial charge >= 0.3 is 6.09 Å². The number of pyridine rings is 1. The molecule has 2 amide bonds. The standard InChI is InChI=1S/C19H20BrN3O4/c20-16-7-4-9-21-18(16)27-15-8-10-23(12-15)17(24)11-22-19(25)26-13-14-5-2-1-3-6-14/h1-7,9,15H,8,10-13H2,(H,22,25). The molecule has 2 aromatic rings.